The Kier molecular flexibility index (Phi) is 6.37. The van der Waals surface area contributed by atoms with Crippen molar-refractivity contribution in [3.05, 3.63) is 90.3 Å². The summed E-state index contributed by atoms with van der Waals surface area (Å²) in [6, 6.07) is 21.3. The molecule has 0 amide bonds. The molecule has 168 valence electrons. The Morgan fingerprint density at radius 1 is 0.941 bits per heavy atom. The van der Waals surface area contributed by atoms with Crippen molar-refractivity contribution in [2.45, 2.75) is 6.42 Å². The molecule has 34 heavy (non-hydrogen) atoms. The standard InChI is InChI=1S/C28H24N4O2/c1-33-27-18-22(10-12-26(27)34-23-5-3-2-4-6-23)32-28-24-17-21(9-11-25(24)30-19-31-28)8-7-20-13-15-29-16-14-20/h2-6,9-13,17-19,29H,14-16H2,1H3,(H,30,31,32). The number of hydrogen-bond donors (Lipinski definition) is 2. The number of aromatic nitrogens is 2. The van der Waals surface area contributed by atoms with Crippen molar-refractivity contribution in [3.63, 3.8) is 0 Å². The number of ether oxygens (including phenoxy) is 2. The lowest BCUT2D eigenvalue weighted by Crippen LogP contribution is -2.19. The molecule has 2 heterocycles. The molecule has 0 bridgehead atoms. The zero-order valence-corrected chi connectivity index (χ0v) is 18.8. The van der Waals surface area contributed by atoms with Crippen LogP contribution in [0.3, 0.4) is 0 Å². The van der Waals surface area contributed by atoms with Crippen LogP contribution in [-0.2, 0) is 0 Å². The SMILES string of the molecule is COc1cc(Nc2ncnc3ccc(C#CC4=CCNCC4)cc23)ccc1Oc1ccccc1. The van der Waals surface area contributed by atoms with Crippen LogP contribution in [0.2, 0.25) is 0 Å². The summed E-state index contributed by atoms with van der Waals surface area (Å²) in [5.41, 5.74) is 3.77. The minimum atomic E-state index is 0.619. The molecular formula is C28H24N4O2. The van der Waals surface area contributed by atoms with Crippen molar-refractivity contribution >= 4 is 22.4 Å². The summed E-state index contributed by atoms with van der Waals surface area (Å²) in [7, 11) is 1.62. The van der Waals surface area contributed by atoms with E-state index >= 15 is 0 Å². The summed E-state index contributed by atoms with van der Waals surface area (Å²) >= 11 is 0. The van der Waals surface area contributed by atoms with Gasteiger partial charge in [-0.15, -0.1) is 0 Å². The molecule has 0 aliphatic carbocycles. The van der Waals surface area contributed by atoms with E-state index in [1.54, 1.807) is 13.4 Å². The minimum Gasteiger partial charge on any atom is -0.493 e. The number of benzene rings is 3. The number of rotatable bonds is 5. The first-order valence-electron chi connectivity index (χ1n) is 11.1. The normalized spacial score (nSPS) is 12.9. The van der Waals surface area contributed by atoms with E-state index in [1.807, 2.05) is 66.7 Å². The van der Waals surface area contributed by atoms with Crippen LogP contribution in [0.4, 0.5) is 11.5 Å². The van der Waals surface area contributed by atoms with Gasteiger partial charge < -0.3 is 20.1 Å². The fourth-order valence-corrected chi connectivity index (χ4v) is 3.70. The number of methoxy groups -OCH3 is 1. The fourth-order valence-electron chi connectivity index (χ4n) is 3.70. The Labute approximate surface area is 198 Å². The van der Waals surface area contributed by atoms with Crippen molar-refractivity contribution in [3.8, 4) is 29.1 Å². The summed E-state index contributed by atoms with van der Waals surface area (Å²) in [5, 5.41) is 7.60. The van der Waals surface area contributed by atoms with Gasteiger partial charge in [0.2, 0.25) is 0 Å². The molecule has 0 unspecified atom stereocenters. The Bertz CT molecular complexity index is 1400. The van der Waals surface area contributed by atoms with Crippen LogP contribution in [0.5, 0.6) is 17.2 Å². The second kappa shape index (κ2) is 10.1. The van der Waals surface area contributed by atoms with E-state index in [9.17, 15) is 0 Å². The van der Waals surface area contributed by atoms with E-state index in [2.05, 4.69) is 38.5 Å². The Morgan fingerprint density at radius 2 is 1.85 bits per heavy atom. The Balaban J connectivity index is 1.42. The van der Waals surface area contributed by atoms with Gasteiger partial charge in [0.1, 0.15) is 17.9 Å². The lowest BCUT2D eigenvalue weighted by Gasteiger charge is -2.13. The van der Waals surface area contributed by atoms with Crippen LogP contribution in [0, 0.1) is 11.8 Å². The molecule has 0 saturated heterocycles. The summed E-state index contributed by atoms with van der Waals surface area (Å²) in [6.45, 7) is 1.85. The molecule has 4 aromatic rings. The third-order valence-corrected chi connectivity index (χ3v) is 5.46. The fraction of sp³-hybridized carbons (Fsp3) is 0.143. The number of nitrogens with zero attached hydrogens (tertiary/aromatic N) is 2. The van der Waals surface area contributed by atoms with Crippen molar-refractivity contribution in [1.29, 1.82) is 0 Å². The quantitative estimate of drug-likeness (QED) is 0.396. The number of fused-ring (bicyclic) bond motifs is 1. The molecule has 1 aromatic heterocycles. The topological polar surface area (TPSA) is 68.3 Å². The van der Waals surface area contributed by atoms with Crippen LogP contribution in [-0.4, -0.2) is 30.2 Å². The molecular weight excluding hydrogens is 424 g/mol. The van der Waals surface area contributed by atoms with Crippen LogP contribution in [0.1, 0.15) is 12.0 Å². The molecule has 1 aliphatic heterocycles. The Morgan fingerprint density at radius 3 is 2.68 bits per heavy atom. The van der Waals surface area contributed by atoms with Gasteiger partial charge in [-0.2, -0.15) is 0 Å². The second-order valence-corrected chi connectivity index (χ2v) is 7.79. The number of para-hydroxylation sites is 1. The first kappa shape index (κ1) is 21.5. The summed E-state index contributed by atoms with van der Waals surface area (Å²) in [4.78, 5) is 8.88. The maximum Gasteiger partial charge on any atom is 0.169 e. The highest BCUT2D eigenvalue weighted by atomic mass is 16.5. The van der Waals surface area contributed by atoms with Crippen LogP contribution in [0.15, 0.2) is 84.7 Å². The predicted molar refractivity (Wildman–Crippen MR) is 135 cm³/mol. The lowest BCUT2D eigenvalue weighted by atomic mass is 10.1. The number of hydrogen-bond acceptors (Lipinski definition) is 6. The average molecular weight is 449 g/mol. The first-order chi connectivity index (χ1) is 16.8. The van der Waals surface area contributed by atoms with E-state index in [1.165, 1.54) is 5.57 Å². The summed E-state index contributed by atoms with van der Waals surface area (Å²) in [6.07, 6.45) is 4.66. The third kappa shape index (κ3) is 5.01. The highest BCUT2D eigenvalue weighted by Crippen LogP contribution is 2.35. The summed E-state index contributed by atoms with van der Waals surface area (Å²) < 4.78 is 11.5. The molecule has 6 nitrogen and oxygen atoms in total. The highest BCUT2D eigenvalue weighted by molar-refractivity contribution is 5.91. The van der Waals surface area contributed by atoms with Gasteiger partial charge in [0, 0.05) is 41.4 Å². The number of nitrogens with one attached hydrogen (secondary N) is 2. The maximum absolute atomic E-state index is 5.97. The third-order valence-electron chi connectivity index (χ3n) is 5.46. The van der Waals surface area contributed by atoms with Crippen LogP contribution >= 0.6 is 0 Å². The number of anilines is 2. The van der Waals surface area contributed by atoms with E-state index in [4.69, 9.17) is 9.47 Å². The molecule has 6 heteroatoms. The summed E-state index contributed by atoms with van der Waals surface area (Å²) in [5.74, 6) is 9.28. The second-order valence-electron chi connectivity index (χ2n) is 7.79. The molecule has 1 aliphatic rings. The lowest BCUT2D eigenvalue weighted by molar-refractivity contribution is 0.379. The highest BCUT2D eigenvalue weighted by Gasteiger charge is 2.10. The van der Waals surface area contributed by atoms with E-state index in [0.717, 1.165) is 47.4 Å². The van der Waals surface area contributed by atoms with Gasteiger partial charge in [-0.25, -0.2) is 9.97 Å². The minimum absolute atomic E-state index is 0.619. The van der Waals surface area contributed by atoms with Gasteiger partial charge in [0.25, 0.3) is 0 Å². The molecule has 0 saturated carbocycles. The maximum atomic E-state index is 5.97. The van der Waals surface area contributed by atoms with Crippen molar-refractivity contribution in [2.24, 2.45) is 0 Å². The van der Waals surface area contributed by atoms with Gasteiger partial charge in [0.05, 0.1) is 12.6 Å². The van der Waals surface area contributed by atoms with E-state index in [-0.39, 0.29) is 0 Å². The van der Waals surface area contributed by atoms with Crippen LogP contribution < -0.4 is 20.1 Å². The van der Waals surface area contributed by atoms with Crippen molar-refractivity contribution in [2.75, 3.05) is 25.5 Å². The van der Waals surface area contributed by atoms with E-state index < -0.39 is 0 Å². The first-order valence-corrected chi connectivity index (χ1v) is 11.1. The molecule has 0 fully saturated rings. The molecule has 2 N–H and O–H groups in total. The zero-order chi connectivity index (χ0) is 23.2. The monoisotopic (exact) mass is 448 g/mol. The molecule has 0 atom stereocenters. The molecule has 3 aromatic carbocycles. The van der Waals surface area contributed by atoms with Crippen molar-refractivity contribution in [1.82, 2.24) is 15.3 Å². The average Bonchev–Trinajstić information content (AvgIpc) is 2.90. The predicted octanol–water partition coefficient (Wildman–Crippen LogP) is 5.45. The largest absolute Gasteiger partial charge is 0.493 e. The smallest absolute Gasteiger partial charge is 0.169 e. The molecule has 5 rings (SSSR count). The molecule has 0 spiro atoms. The zero-order valence-electron chi connectivity index (χ0n) is 18.8. The van der Waals surface area contributed by atoms with Gasteiger partial charge in [0.15, 0.2) is 11.5 Å². The van der Waals surface area contributed by atoms with Gasteiger partial charge in [-0.1, -0.05) is 36.1 Å². The van der Waals surface area contributed by atoms with Crippen molar-refractivity contribution < 1.29 is 9.47 Å². The molecule has 0 radical (unpaired) electrons. The van der Waals surface area contributed by atoms with Crippen LogP contribution in [0.25, 0.3) is 10.9 Å². The van der Waals surface area contributed by atoms with E-state index in [0.29, 0.717) is 17.3 Å². The van der Waals surface area contributed by atoms with Gasteiger partial charge >= 0.3 is 0 Å². The van der Waals surface area contributed by atoms with Gasteiger partial charge in [-0.3, -0.25) is 0 Å². The Hall–Kier alpha value is -4.34. The van der Waals surface area contributed by atoms with Gasteiger partial charge in [-0.05, 0) is 48.9 Å².